The van der Waals surface area contributed by atoms with Crippen LogP contribution in [0.2, 0.25) is 0 Å². The van der Waals surface area contributed by atoms with E-state index in [1.165, 1.54) is 48.5 Å². The van der Waals surface area contributed by atoms with Gasteiger partial charge in [0.05, 0.1) is 87.3 Å². The van der Waals surface area contributed by atoms with E-state index in [0.717, 1.165) is 162 Å². The van der Waals surface area contributed by atoms with Gasteiger partial charge in [-0.2, -0.15) is 44.7 Å². The van der Waals surface area contributed by atoms with Gasteiger partial charge in [0.25, 0.3) is 0 Å². The molecule has 626 valence electrons. The summed E-state index contributed by atoms with van der Waals surface area (Å²) in [6.07, 6.45) is 19.3. The summed E-state index contributed by atoms with van der Waals surface area (Å²) in [5.41, 5.74) is 26.1. The smallest absolute Gasteiger partial charge is 0.358 e. The maximum Gasteiger partial charge on any atom is 2.00 e. The zero-order valence-electron chi connectivity index (χ0n) is 69.4. The van der Waals surface area contributed by atoms with Crippen LogP contribution in [-0.2, 0) is 63.2 Å². The monoisotopic (exact) mass is 2220 g/mol. The van der Waals surface area contributed by atoms with Gasteiger partial charge in [0.2, 0.25) is 0 Å². The molecule has 0 saturated heterocycles. The molecule has 131 heavy (non-hydrogen) atoms. The number of rotatable bonds is 12. The Morgan fingerprint density at radius 1 is 0.183 bits per heavy atom. The molecular weight excluding hydrogens is 2150 g/mol. The molecule has 0 spiro atoms. The summed E-state index contributed by atoms with van der Waals surface area (Å²) < 4.78 is 21.1. The Labute approximate surface area is 793 Å². The maximum atomic E-state index is 4.81. The van der Waals surface area contributed by atoms with Crippen molar-refractivity contribution in [2.45, 2.75) is 0 Å². The molecule has 0 fully saturated rings. The van der Waals surface area contributed by atoms with E-state index in [1.807, 2.05) is 111 Å². The number of para-hydroxylation sites is 9. The molecule has 0 saturated carbocycles. The number of benzene rings is 15. The normalized spacial score (nSPS) is 11.5. The fourth-order valence-corrected chi connectivity index (χ4v) is 18.7. The number of hydrogen-bond acceptors (Lipinski definition) is 6. The third-order valence-corrected chi connectivity index (χ3v) is 24.3. The van der Waals surface area contributed by atoms with Crippen LogP contribution in [0.4, 0.5) is 0 Å². The minimum atomic E-state index is 0. The van der Waals surface area contributed by atoms with Crippen molar-refractivity contribution >= 4 is 131 Å². The quantitative estimate of drug-likeness (QED) is 0.112. The van der Waals surface area contributed by atoms with E-state index in [9.17, 15) is 0 Å². The molecular formula is C112H68N16Pt3. The van der Waals surface area contributed by atoms with Crippen LogP contribution in [-0.4, -0.2) is 76.5 Å². The minimum absolute atomic E-state index is 0. The zero-order chi connectivity index (χ0) is 84.3. The van der Waals surface area contributed by atoms with Gasteiger partial charge in [0, 0.05) is 73.7 Å². The van der Waals surface area contributed by atoms with Crippen LogP contribution < -0.4 is 0 Å². The van der Waals surface area contributed by atoms with Crippen molar-refractivity contribution in [2.75, 3.05) is 0 Å². The summed E-state index contributed by atoms with van der Waals surface area (Å²) in [6.45, 7) is 0. The third-order valence-electron chi connectivity index (χ3n) is 24.3. The van der Waals surface area contributed by atoms with E-state index < -0.39 is 0 Å². The molecule has 12 aromatic heterocycles. The predicted molar refractivity (Wildman–Crippen MR) is 513 cm³/mol. The first-order valence-corrected chi connectivity index (χ1v) is 42.4. The standard InChI is InChI=1S/2C38H23N5.C36H22N6.3Pt/c1-5-17-36-30(12-1)31-13-2-6-18-37(31)43(36)29-24-40-41(25-29)27-10-9-11-28(23-27)42-35-16-4-3-14-32(35)33-20-19-26(22-38(33)42)34-15-7-8-21-39-34;1-5-17-36-30(12-1)31-13-2-6-18-37(31)43(36)29-24-40-41(25-29)27-19-20-33-32-14-3-4-16-35(32)42(38(33)23-27)28-11-9-10-26(22-28)34-15-7-8-21-39-34;1-5-15-34-29(11-1)30-12-2-6-16-35(30)42(34)28-23-38-40(24-28)25-9-7-10-27(21-25)41-33-14-4-3-13-31(33)32-18-17-26(22-36(32)41)39-20-8-19-37-39;;;/h2*1-21,24-25H;1-20,23-24H;;;/q3*-2;3*+2. The van der Waals surface area contributed by atoms with Gasteiger partial charge in [-0.1, -0.05) is 216 Å². The summed E-state index contributed by atoms with van der Waals surface area (Å²) in [5, 5.41) is 33.1. The summed E-state index contributed by atoms with van der Waals surface area (Å²) in [4.78, 5) is 9.11. The van der Waals surface area contributed by atoms with Crippen molar-refractivity contribution in [2.24, 2.45) is 0 Å². The van der Waals surface area contributed by atoms with E-state index in [4.69, 9.17) is 15.3 Å². The molecule has 0 N–H and O–H groups in total. The first kappa shape index (κ1) is 81.1. The Morgan fingerprint density at radius 3 is 0.809 bits per heavy atom. The first-order chi connectivity index (χ1) is 63.5. The van der Waals surface area contributed by atoms with Gasteiger partial charge in [0.15, 0.2) is 0 Å². The minimum Gasteiger partial charge on any atom is -0.358 e. The van der Waals surface area contributed by atoms with Gasteiger partial charge in [-0.15, -0.1) is 125 Å². The Morgan fingerprint density at radius 2 is 0.466 bits per heavy atom. The largest absolute Gasteiger partial charge is 2.00 e. The molecule has 16 nitrogen and oxygen atoms in total. The number of aromatic nitrogens is 16. The zero-order valence-corrected chi connectivity index (χ0v) is 76.2. The summed E-state index contributed by atoms with van der Waals surface area (Å²) >= 11 is 0. The average Bonchev–Trinajstić information content (AvgIpc) is 1.57. The number of nitrogens with zero attached hydrogens (tertiary/aromatic N) is 16. The van der Waals surface area contributed by atoms with Crippen molar-refractivity contribution in [3.05, 3.63) is 450 Å². The van der Waals surface area contributed by atoms with Crippen molar-refractivity contribution in [3.8, 4) is 79.4 Å². The SMILES string of the molecule is [Pt+2].[Pt+2].[Pt+2].[c-]1c(-c2ccccn2)cccc1-n1c2[c-]c(-n3cc(-n4c5ccccc5c5ccccc54)cn3)ccc2c2ccccc21.[c-]1c(-n2cc(-n3c4ccccc4c4ccccc43)cn2)cccc1-n1c2[c-]c(-c3ccccn3)ccc2c2ccccc21.[c-]1c(-n2cc(-n3c4ccccc4c4ccccc43)cn2)cccc1-n1c2[c-]c(-n3cccn3)ccc2c2ccccc21. The molecule has 15 aromatic carbocycles. The van der Waals surface area contributed by atoms with Gasteiger partial charge in [-0.25, -0.2) is 0 Å². The van der Waals surface area contributed by atoms with E-state index >= 15 is 0 Å². The second-order valence-corrected chi connectivity index (χ2v) is 31.6. The van der Waals surface area contributed by atoms with Gasteiger partial charge in [0.1, 0.15) is 0 Å². The molecule has 0 atom stereocenters. The average molecular weight is 2220 g/mol. The molecule has 0 aliphatic rings. The van der Waals surface area contributed by atoms with Crippen LogP contribution in [0.3, 0.4) is 0 Å². The second kappa shape index (κ2) is 33.8. The Hall–Kier alpha value is -15.7. The predicted octanol–water partition coefficient (Wildman–Crippen LogP) is 25.3. The summed E-state index contributed by atoms with van der Waals surface area (Å²) in [5.74, 6) is 0. The van der Waals surface area contributed by atoms with Gasteiger partial charge in [-0.05, 0) is 134 Å². The molecule has 0 aliphatic carbocycles. The Kier molecular flexibility index (Phi) is 20.9. The van der Waals surface area contributed by atoms with E-state index in [-0.39, 0.29) is 63.2 Å². The number of hydrogen-bond donors (Lipinski definition) is 0. The third kappa shape index (κ3) is 13.9. The molecule has 12 heterocycles. The maximum absolute atomic E-state index is 4.81. The number of fused-ring (bicyclic) bond motifs is 18. The molecule has 0 aliphatic heterocycles. The van der Waals surface area contributed by atoms with E-state index in [1.54, 1.807) is 6.20 Å². The molecule has 0 bridgehead atoms. The molecule has 0 amide bonds. The van der Waals surface area contributed by atoms with Gasteiger partial charge < -0.3 is 37.4 Å². The fourth-order valence-electron chi connectivity index (χ4n) is 18.7. The van der Waals surface area contributed by atoms with E-state index in [0.29, 0.717) is 0 Å². The van der Waals surface area contributed by atoms with Crippen LogP contribution in [0.25, 0.3) is 210 Å². The molecule has 27 aromatic rings. The van der Waals surface area contributed by atoms with Crippen molar-refractivity contribution in [1.29, 1.82) is 0 Å². The summed E-state index contributed by atoms with van der Waals surface area (Å²) in [7, 11) is 0. The number of pyridine rings is 2. The first-order valence-electron chi connectivity index (χ1n) is 42.4. The van der Waals surface area contributed by atoms with Gasteiger partial charge in [-0.3, -0.25) is 18.7 Å². The van der Waals surface area contributed by atoms with Crippen LogP contribution >= 0.6 is 0 Å². The molecule has 0 radical (unpaired) electrons. The van der Waals surface area contributed by atoms with Crippen molar-refractivity contribution in [1.82, 2.24) is 76.5 Å². The molecule has 19 heteroatoms. The summed E-state index contributed by atoms with van der Waals surface area (Å²) in [6, 6.07) is 144. The second-order valence-electron chi connectivity index (χ2n) is 31.6. The van der Waals surface area contributed by atoms with Crippen molar-refractivity contribution < 1.29 is 63.2 Å². The van der Waals surface area contributed by atoms with Gasteiger partial charge >= 0.3 is 63.2 Å². The topological polar surface area (TPSA) is 127 Å². The Bertz CT molecular complexity index is 8850. The van der Waals surface area contributed by atoms with E-state index in [2.05, 4.69) is 395 Å². The van der Waals surface area contributed by atoms with Crippen LogP contribution in [0.1, 0.15) is 0 Å². The molecule has 0 unspecified atom stereocenters. The Balaban J connectivity index is 0.000000114. The van der Waals surface area contributed by atoms with Crippen LogP contribution in [0.15, 0.2) is 414 Å². The molecule has 27 rings (SSSR count). The van der Waals surface area contributed by atoms with Crippen LogP contribution in [0, 0.1) is 36.4 Å². The van der Waals surface area contributed by atoms with Crippen molar-refractivity contribution in [3.63, 3.8) is 0 Å². The fraction of sp³-hybridized carbons (Fsp3) is 0. The van der Waals surface area contributed by atoms with Crippen LogP contribution in [0.5, 0.6) is 0 Å².